The fourth-order valence-electron chi connectivity index (χ4n) is 2.92. The van der Waals surface area contributed by atoms with Gasteiger partial charge in [0.05, 0.1) is 6.10 Å². The Hall–Kier alpha value is -1.56. The van der Waals surface area contributed by atoms with Gasteiger partial charge in [-0.25, -0.2) is 4.79 Å². The first kappa shape index (κ1) is 15.8. The summed E-state index contributed by atoms with van der Waals surface area (Å²) in [5.41, 5.74) is 1.30. The molecule has 6 nitrogen and oxygen atoms in total. The standard InChI is InChI=1S/C15H25N3O3/c1-10(19)9-18(13-7-5-4-6-8-13)15(20)16-14-11(2)17-21-12(14)3/h10,13,19H,4-9H2,1-3H3,(H,16,20). The number of hydrogen-bond donors (Lipinski definition) is 2. The second-order valence-electron chi connectivity index (χ2n) is 5.92. The van der Waals surface area contributed by atoms with Crippen LogP contribution in [0.4, 0.5) is 10.5 Å². The second-order valence-corrected chi connectivity index (χ2v) is 5.92. The van der Waals surface area contributed by atoms with E-state index >= 15 is 0 Å². The Labute approximate surface area is 125 Å². The SMILES string of the molecule is Cc1noc(C)c1NC(=O)N(CC(C)O)C1CCCCC1. The van der Waals surface area contributed by atoms with Crippen molar-refractivity contribution in [3.63, 3.8) is 0 Å². The van der Waals surface area contributed by atoms with Gasteiger partial charge in [-0.1, -0.05) is 24.4 Å². The van der Waals surface area contributed by atoms with Crippen LogP contribution in [0.3, 0.4) is 0 Å². The van der Waals surface area contributed by atoms with Crippen molar-refractivity contribution < 1.29 is 14.4 Å². The molecule has 1 heterocycles. The third kappa shape index (κ3) is 3.97. The number of aromatic nitrogens is 1. The highest BCUT2D eigenvalue weighted by atomic mass is 16.5. The maximum absolute atomic E-state index is 12.6. The maximum atomic E-state index is 12.6. The third-order valence-corrected chi connectivity index (χ3v) is 4.00. The largest absolute Gasteiger partial charge is 0.392 e. The molecule has 1 atom stereocenters. The molecule has 0 radical (unpaired) electrons. The van der Waals surface area contributed by atoms with E-state index in [1.165, 1.54) is 6.42 Å². The number of nitrogens with zero attached hydrogens (tertiary/aromatic N) is 2. The van der Waals surface area contributed by atoms with Crippen molar-refractivity contribution in [2.24, 2.45) is 0 Å². The molecular weight excluding hydrogens is 270 g/mol. The van der Waals surface area contributed by atoms with Gasteiger partial charge in [-0.2, -0.15) is 0 Å². The summed E-state index contributed by atoms with van der Waals surface area (Å²) < 4.78 is 5.07. The lowest BCUT2D eigenvalue weighted by molar-refractivity contribution is 0.105. The molecule has 0 aromatic carbocycles. The summed E-state index contributed by atoms with van der Waals surface area (Å²) in [6, 6.07) is 0.0195. The molecule has 1 unspecified atom stereocenters. The van der Waals surface area contributed by atoms with E-state index in [1.807, 2.05) is 0 Å². The van der Waals surface area contributed by atoms with Gasteiger partial charge in [0, 0.05) is 12.6 Å². The van der Waals surface area contributed by atoms with Gasteiger partial charge in [0.2, 0.25) is 0 Å². The maximum Gasteiger partial charge on any atom is 0.322 e. The Kier molecular flexibility index (Phi) is 5.22. The minimum absolute atomic E-state index is 0.183. The van der Waals surface area contributed by atoms with Crippen LogP contribution in [-0.4, -0.2) is 39.9 Å². The summed E-state index contributed by atoms with van der Waals surface area (Å²) in [7, 11) is 0. The van der Waals surface area contributed by atoms with Crippen molar-refractivity contribution in [2.75, 3.05) is 11.9 Å². The zero-order valence-corrected chi connectivity index (χ0v) is 13.1. The lowest BCUT2D eigenvalue weighted by Gasteiger charge is -2.35. The summed E-state index contributed by atoms with van der Waals surface area (Å²) in [5, 5.41) is 16.4. The first-order chi connectivity index (χ1) is 9.99. The molecule has 1 saturated carbocycles. The van der Waals surface area contributed by atoms with Gasteiger partial charge in [0.1, 0.15) is 11.4 Å². The zero-order valence-electron chi connectivity index (χ0n) is 13.1. The fourth-order valence-corrected chi connectivity index (χ4v) is 2.92. The normalized spacial score (nSPS) is 17.5. The highest BCUT2D eigenvalue weighted by Gasteiger charge is 2.27. The molecule has 0 bridgehead atoms. The van der Waals surface area contributed by atoms with E-state index in [0.717, 1.165) is 25.7 Å². The molecule has 0 aliphatic heterocycles. The van der Waals surface area contributed by atoms with Crippen LogP contribution < -0.4 is 5.32 Å². The topological polar surface area (TPSA) is 78.6 Å². The number of nitrogens with one attached hydrogen (secondary N) is 1. The first-order valence-corrected chi connectivity index (χ1v) is 7.67. The molecule has 6 heteroatoms. The summed E-state index contributed by atoms with van der Waals surface area (Å²) in [6.07, 6.45) is 4.97. The Morgan fingerprint density at radius 1 is 1.43 bits per heavy atom. The summed E-state index contributed by atoms with van der Waals surface area (Å²) >= 11 is 0. The number of rotatable bonds is 4. The van der Waals surface area contributed by atoms with Gasteiger partial charge in [0.25, 0.3) is 0 Å². The average Bonchev–Trinajstić information content (AvgIpc) is 2.77. The number of hydrogen-bond acceptors (Lipinski definition) is 4. The van der Waals surface area contributed by atoms with Crippen molar-refractivity contribution in [2.45, 2.75) is 65.0 Å². The van der Waals surface area contributed by atoms with Gasteiger partial charge < -0.3 is 19.8 Å². The lowest BCUT2D eigenvalue weighted by Crippen LogP contribution is -2.47. The van der Waals surface area contributed by atoms with Gasteiger partial charge in [-0.05, 0) is 33.6 Å². The minimum Gasteiger partial charge on any atom is -0.392 e. The van der Waals surface area contributed by atoms with Crippen molar-refractivity contribution in [1.29, 1.82) is 0 Å². The van der Waals surface area contributed by atoms with E-state index in [4.69, 9.17) is 4.52 Å². The van der Waals surface area contributed by atoms with Crippen LogP contribution in [0, 0.1) is 13.8 Å². The smallest absolute Gasteiger partial charge is 0.322 e. The Morgan fingerprint density at radius 2 is 2.10 bits per heavy atom. The number of urea groups is 1. The highest BCUT2D eigenvalue weighted by Crippen LogP contribution is 2.25. The predicted molar refractivity (Wildman–Crippen MR) is 80.3 cm³/mol. The van der Waals surface area contributed by atoms with E-state index in [0.29, 0.717) is 23.7 Å². The lowest BCUT2D eigenvalue weighted by atomic mass is 9.94. The van der Waals surface area contributed by atoms with Crippen LogP contribution in [-0.2, 0) is 0 Å². The summed E-state index contributed by atoms with van der Waals surface area (Å²) in [6.45, 7) is 5.62. The predicted octanol–water partition coefficient (Wildman–Crippen LogP) is 2.84. The van der Waals surface area contributed by atoms with Crippen LogP contribution in [0.2, 0.25) is 0 Å². The summed E-state index contributed by atoms with van der Waals surface area (Å²) in [5.74, 6) is 0.599. The third-order valence-electron chi connectivity index (χ3n) is 4.00. The molecule has 0 saturated heterocycles. The first-order valence-electron chi connectivity index (χ1n) is 7.67. The van der Waals surface area contributed by atoms with Crippen LogP contribution in [0.15, 0.2) is 4.52 Å². The van der Waals surface area contributed by atoms with Crippen molar-refractivity contribution in [3.8, 4) is 0 Å². The van der Waals surface area contributed by atoms with Crippen molar-refractivity contribution >= 4 is 11.7 Å². The van der Waals surface area contributed by atoms with E-state index in [1.54, 1.807) is 25.7 Å². The number of aliphatic hydroxyl groups excluding tert-OH is 1. The quantitative estimate of drug-likeness (QED) is 0.895. The molecule has 118 valence electrons. The second kappa shape index (κ2) is 6.93. The Morgan fingerprint density at radius 3 is 2.62 bits per heavy atom. The highest BCUT2D eigenvalue weighted by molar-refractivity contribution is 5.90. The van der Waals surface area contributed by atoms with E-state index in [2.05, 4.69) is 10.5 Å². The zero-order chi connectivity index (χ0) is 15.4. The molecule has 1 aliphatic carbocycles. The van der Waals surface area contributed by atoms with Crippen LogP contribution in [0.1, 0.15) is 50.5 Å². The summed E-state index contributed by atoms with van der Waals surface area (Å²) in [4.78, 5) is 14.3. The molecule has 2 N–H and O–H groups in total. The van der Waals surface area contributed by atoms with E-state index < -0.39 is 6.10 Å². The van der Waals surface area contributed by atoms with Crippen molar-refractivity contribution in [3.05, 3.63) is 11.5 Å². The van der Waals surface area contributed by atoms with E-state index in [9.17, 15) is 9.90 Å². The molecule has 2 rings (SSSR count). The van der Waals surface area contributed by atoms with Crippen LogP contribution in [0.5, 0.6) is 0 Å². The molecule has 21 heavy (non-hydrogen) atoms. The van der Waals surface area contributed by atoms with Gasteiger partial charge in [-0.3, -0.25) is 0 Å². The fraction of sp³-hybridized carbons (Fsp3) is 0.733. The molecule has 1 aromatic heterocycles. The minimum atomic E-state index is -0.539. The number of amides is 2. The number of anilines is 1. The van der Waals surface area contributed by atoms with Gasteiger partial charge in [0.15, 0.2) is 5.76 Å². The molecule has 1 aromatic rings. The number of carbonyl (C=O) groups excluding carboxylic acids is 1. The molecule has 0 spiro atoms. The van der Waals surface area contributed by atoms with Crippen LogP contribution in [0.25, 0.3) is 0 Å². The van der Waals surface area contributed by atoms with Gasteiger partial charge in [-0.15, -0.1) is 0 Å². The number of aliphatic hydroxyl groups is 1. The van der Waals surface area contributed by atoms with Gasteiger partial charge >= 0.3 is 6.03 Å². The number of carbonyl (C=O) groups is 1. The number of aryl methyl sites for hydroxylation is 2. The Balaban J connectivity index is 2.10. The molecular formula is C15H25N3O3. The van der Waals surface area contributed by atoms with Crippen LogP contribution >= 0.6 is 0 Å². The molecule has 2 amide bonds. The Bertz CT molecular complexity index is 459. The van der Waals surface area contributed by atoms with Crippen molar-refractivity contribution in [1.82, 2.24) is 10.1 Å². The average molecular weight is 295 g/mol. The van der Waals surface area contributed by atoms with E-state index in [-0.39, 0.29) is 12.1 Å². The monoisotopic (exact) mass is 295 g/mol. The molecule has 1 aliphatic rings. The molecule has 1 fully saturated rings.